The number of carbonyl (C=O) groups excluding carboxylic acids is 1. The summed E-state index contributed by atoms with van der Waals surface area (Å²) in [5.74, 6) is 1.36. The number of hydrogen-bond donors (Lipinski definition) is 2. The molecule has 0 spiro atoms. The maximum atomic E-state index is 13.1. The third-order valence-corrected chi connectivity index (χ3v) is 7.89. The Morgan fingerprint density at radius 2 is 1.60 bits per heavy atom. The van der Waals surface area contributed by atoms with Crippen LogP contribution in [-0.2, 0) is 21.3 Å². The average molecular weight is 595 g/mol. The Labute approximate surface area is 245 Å². The lowest BCUT2D eigenvalue weighted by Crippen LogP contribution is -2.53. The molecule has 2 aliphatic rings. The number of hydrogen-bond acceptors (Lipinski definition) is 6. The van der Waals surface area contributed by atoms with Gasteiger partial charge in [0.15, 0.2) is 0 Å². The molecule has 2 aromatic carbocycles. The first kappa shape index (κ1) is 32.0. The zero-order chi connectivity index (χ0) is 27.7. The van der Waals surface area contributed by atoms with Crippen molar-refractivity contribution in [1.82, 2.24) is 15.1 Å². The number of piperidine rings is 1. The van der Waals surface area contributed by atoms with Gasteiger partial charge in [0, 0.05) is 57.2 Å². The van der Waals surface area contributed by atoms with Crippen LogP contribution in [0.1, 0.15) is 51.0 Å². The van der Waals surface area contributed by atoms with E-state index in [4.69, 9.17) is 9.47 Å². The van der Waals surface area contributed by atoms with Crippen LogP contribution >= 0.6 is 12.4 Å². The van der Waals surface area contributed by atoms with E-state index in [1.165, 1.54) is 5.56 Å². The quantitative estimate of drug-likeness (QED) is 0.370. The van der Waals surface area contributed by atoms with E-state index < -0.39 is 10.0 Å². The standard InChI is InChI=1S/C29H42N4O5S.ClH/c1-3-4-17-33(26-15-20-37-21-16-26)29(34)30-24-13-18-32(19-14-24)22-23-5-9-27(10-6-23)38-28-11-7-25(8-12-28)31-39(2,35)36;/h5-12,24,26,31H,3-4,13-22H2,1-2H3,(H,30,34);1H. The Balaban J connectivity index is 0.00000441. The Morgan fingerprint density at radius 1 is 1.00 bits per heavy atom. The molecule has 0 unspecified atom stereocenters. The smallest absolute Gasteiger partial charge is 0.317 e. The van der Waals surface area contributed by atoms with Crippen LogP contribution in [0.15, 0.2) is 48.5 Å². The molecule has 2 heterocycles. The molecule has 40 heavy (non-hydrogen) atoms. The van der Waals surface area contributed by atoms with Gasteiger partial charge in [0.1, 0.15) is 11.5 Å². The fourth-order valence-corrected chi connectivity index (χ4v) is 5.69. The molecule has 2 saturated heterocycles. The van der Waals surface area contributed by atoms with Crippen molar-refractivity contribution in [1.29, 1.82) is 0 Å². The topological polar surface area (TPSA) is 100 Å². The van der Waals surface area contributed by atoms with Gasteiger partial charge in [-0.15, -0.1) is 12.4 Å². The second kappa shape index (κ2) is 15.5. The van der Waals surface area contributed by atoms with E-state index in [1.807, 2.05) is 12.1 Å². The number of carbonyl (C=O) groups is 1. The first-order valence-corrected chi connectivity index (χ1v) is 15.9. The molecular weight excluding hydrogens is 552 g/mol. The van der Waals surface area contributed by atoms with Crippen molar-refractivity contribution < 1.29 is 22.7 Å². The zero-order valence-corrected chi connectivity index (χ0v) is 25.1. The number of amides is 2. The van der Waals surface area contributed by atoms with Crippen molar-refractivity contribution >= 4 is 34.1 Å². The molecule has 11 heteroatoms. The van der Waals surface area contributed by atoms with Gasteiger partial charge in [-0.1, -0.05) is 25.5 Å². The van der Waals surface area contributed by atoms with E-state index in [1.54, 1.807) is 24.3 Å². The van der Waals surface area contributed by atoms with Crippen molar-refractivity contribution in [2.45, 2.75) is 64.1 Å². The summed E-state index contributed by atoms with van der Waals surface area (Å²) in [5, 5.41) is 3.32. The second-order valence-electron chi connectivity index (χ2n) is 10.5. The normalized spacial score (nSPS) is 17.1. The molecule has 0 saturated carbocycles. The molecule has 2 N–H and O–H groups in total. The summed E-state index contributed by atoms with van der Waals surface area (Å²) < 4.78 is 36.6. The molecule has 4 rings (SSSR count). The number of anilines is 1. The predicted molar refractivity (Wildman–Crippen MR) is 161 cm³/mol. The highest BCUT2D eigenvalue weighted by molar-refractivity contribution is 7.92. The Kier molecular flexibility index (Phi) is 12.4. The lowest BCUT2D eigenvalue weighted by molar-refractivity contribution is 0.0444. The van der Waals surface area contributed by atoms with Crippen LogP contribution in [0.2, 0.25) is 0 Å². The molecule has 222 valence electrons. The highest BCUT2D eigenvalue weighted by Gasteiger charge is 2.28. The molecule has 2 amide bonds. The predicted octanol–water partition coefficient (Wildman–Crippen LogP) is 5.23. The number of unbranched alkanes of at least 4 members (excludes halogenated alkanes) is 1. The van der Waals surface area contributed by atoms with Gasteiger partial charge >= 0.3 is 6.03 Å². The van der Waals surface area contributed by atoms with Crippen LogP contribution in [0.25, 0.3) is 0 Å². The first-order chi connectivity index (χ1) is 18.8. The minimum Gasteiger partial charge on any atom is -0.457 e. The summed E-state index contributed by atoms with van der Waals surface area (Å²) in [6.07, 6.45) is 6.98. The fourth-order valence-electron chi connectivity index (χ4n) is 5.13. The van der Waals surface area contributed by atoms with Crippen molar-refractivity contribution in [2.75, 3.05) is 43.8 Å². The molecule has 0 aromatic heterocycles. The zero-order valence-electron chi connectivity index (χ0n) is 23.5. The Hall–Kier alpha value is -2.53. The van der Waals surface area contributed by atoms with Gasteiger partial charge in [-0.25, -0.2) is 13.2 Å². The molecule has 2 aromatic rings. The number of benzene rings is 2. The van der Waals surface area contributed by atoms with Gasteiger partial charge in [-0.2, -0.15) is 0 Å². The van der Waals surface area contributed by atoms with E-state index in [2.05, 4.69) is 38.9 Å². The first-order valence-electron chi connectivity index (χ1n) is 14.0. The van der Waals surface area contributed by atoms with Crippen LogP contribution in [0.5, 0.6) is 11.5 Å². The summed E-state index contributed by atoms with van der Waals surface area (Å²) in [6.45, 7) is 7.22. The van der Waals surface area contributed by atoms with Gasteiger partial charge in [-0.3, -0.25) is 9.62 Å². The molecule has 9 nitrogen and oxygen atoms in total. The molecule has 2 fully saturated rings. The number of nitrogens with one attached hydrogen (secondary N) is 2. The van der Waals surface area contributed by atoms with Crippen LogP contribution in [0, 0.1) is 0 Å². The van der Waals surface area contributed by atoms with Gasteiger partial charge in [0.2, 0.25) is 10.0 Å². The minimum absolute atomic E-state index is 0. The van der Waals surface area contributed by atoms with Crippen molar-refractivity contribution in [3.63, 3.8) is 0 Å². The molecule has 0 radical (unpaired) electrons. The van der Waals surface area contributed by atoms with Crippen molar-refractivity contribution in [2.24, 2.45) is 0 Å². The summed E-state index contributed by atoms with van der Waals surface area (Å²) in [7, 11) is -3.30. The SMILES string of the molecule is CCCCN(C(=O)NC1CCN(Cc2ccc(Oc3ccc(NS(C)(=O)=O)cc3)cc2)CC1)C1CCOCC1.Cl. The number of ether oxygens (including phenoxy) is 2. The maximum absolute atomic E-state index is 13.1. The molecule has 2 aliphatic heterocycles. The van der Waals surface area contributed by atoms with Gasteiger partial charge in [0.25, 0.3) is 0 Å². The van der Waals surface area contributed by atoms with Crippen molar-refractivity contribution in [3.05, 3.63) is 54.1 Å². The van der Waals surface area contributed by atoms with Gasteiger partial charge in [-0.05, 0) is 74.1 Å². The van der Waals surface area contributed by atoms with E-state index in [9.17, 15) is 13.2 Å². The lowest BCUT2D eigenvalue weighted by Gasteiger charge is -2.37. The minimum atomic E-state index is -3.30. The number of sulfonamides is 1. The average Bonchev–Trinajstić information content (AvgIpc) is 2.92. The highest BCUT2D eigenvalue weighted by Crippen LogP contribution is 2.25. The van der Waals surface area contributed by atoms with E-state index in [0.717, 1.165) is 89.9 Å². The summed E-state index contributed by atoms with van der Waals surface area (Å²) >= 11 is 0. The summed E-state index contributed by atoms with van der Waals surface area (Å²) in [4.78, 5) is 17.6. The fraction of sp³-hybridized carbons (Fsp3) is 0.552. The number of nitrogens with zero attached hydrogens (tertiary/aromatic N) is 2. The maximum Gasteiger partial charge on any atom is 0.317 e. The lowest BCUT2D eigenvalue weighted by atomic mass is 10.0. The molecular formula is C29H43ClN4O5S. The van der Waals surface area contributed by atoms with Gasteiger partial charge in [0.05, 0.1) is 6.26 Å². The third kappa shape index (κ3) is 10.1. The van der Waals surface area contributed by atoms with Crippen LogP contribution in [0.3, 0.4) is 0 Å². The van der Waals surface area contributed by atoms with Crippen LogP contribution < -0.4 is 14.8 Å². The number of likely N-dealkylation sites (tertiary alicyclic amines) is 1. The van der Waals surface area contributed by atoms with Crippen LogP contribution in [-0.4, -0.2) is 75.4 Å². The van der Waals surface area contributed by atoms with Crippen LogP contribution in [0.4, 0.5) is 10.5 Å². The number of halogens is 1. The van der Waals surface area contributed by atoms with E-state index >= 15 is 0 Å². The Morgan fingerprint density at radius 3 is 2.17 bits per heavy atom. The molecule has 0 bridgehead atoms. The number of rotatable bonds is 11. The van der Waals surface area contributed by atoms with E-state index in [0.29, 0.717) is 11.4 Å². The Bertz CT molecular complexity index is 1150. The summed E-state index contributed by atoms with van der Waals surface area (Å²) in [5.41, 5.74) is 1.71. The largest absolute Gasteiger partial charge is 0.457 e. The monoisotopic (exact) mass is 594 g/mol. The van der Waals surface area contributed by atoms with E-state index in [-0.39, 0.29) is 30.5 Å². The second-order valence-corrected chi connectivity index (χ2v) is 12.3. The molecule has 0 aliphatic carbocycles. The van der Waals surface area contributed by atoms with Gasteiger partial charge < -0.3 is 19.7 Å². The van der Waals surface area contributed by atoms with Crippen molar-refractivity contribution in [3.8, 4) is 11.5 Å². The third-order valence-electron chi connectivity index (χ3n) is 7.28. The summed E-state index contributed by atoms with van der Waals surface area (Å²) in [6, 6.07) is 15.4. The number of urea groups is 1. The highest BCUT2D eigenvalue weighted by atomic mass is 35.5. The molecule has 0 atom stereocenters.